The Kier molecular flexibility index (Phi) is 7.98. The van der Waals surface area contributed by atoms with Gasteiger partial charge >= 0.3 is 0 Å². The van der Waals surface area contributed by atoms with Gasteiger partial charge in [-0.3, -0.25) is 4.99 Å². The lowest BCUT2D eigenvalue weighted by Crippen LogP contribution is -2.48. The van der Waals surface area contributed by atoms with E-state index in [1.54, 1.807) is 0 Å². The normalized spacial score (nSPS) is 21.6. The van der Waals surface area contributed by atoms with Gasteiger partial charge < -0.3 is 10.2 Å². The second-order valence-corrected chi connectivity index (χ2v) is 5.85. The summed E-state index contributed by atoms with van der Waals surface area (Å²) in [6.45, 7) is 10.6. The van der Waals surface area contributed by atoms with Gasteiger partial charge in [0.25, 0.3) is 0 Å². The summed E-state index contributed by atoms with van der Waals surface area (Å²) in [5.41, 5.74) is 0. The summed E-state index contributed by atoms with van der Waals surface area (Å²) in [6.07, 6.45) is 6.55. The van der Waals surface area contributed by atoms with E-state index in [4.69, 9.17) is 4.99 Å². The smallest absolute Gasteiger partial charge is 0.193 e. The van der Waals surface area contributed by atoms with Crippen LogP contribution in [0.1, 0.15) is 33.6 Å². The van der Waals surface area contributed by atoms with E-state index in [9.17, 15) is 0 Å². The quantitative estimate of drug-likeness (QED) is 0.360. The zero-order valence-electron chi connectivity index (χ0n) is 12.0. The molecule has 1 atom stereocenters. The number of allylic oxidation sites excluding steroid dienone is 1. The Balaban J connectivity index is 2.53. The number of nitrogens with one attached hydrogen (secondary N) is 1. The van der Waals surface area contributed by atoms with Gasteiger partial charge in [-0.25, -0.2) is 0 Å². The van der Waals surface area contributed by atoms with Crippen molar-refractivity contribution in [2.24, 2.45) is 4.99 Å². The van der Waals surface area contributed by atoms with Gasteiger partial charge in [0.15, 0.2) is 5.96 Å². The van der Waals surface area contributed by atoms with Crippen molar-refractivity contribution < 1.29 is 0 Å². The van der Waals surface area contributed by atoms with E-state index < -0.39 is 0 Å². The number of hydrogen-bond donors (Lipinski definition) is 1. The lowest BCUT2D eigenvalue weighted by molar-refractivity contribution is 0.408. The van der Waals surface area contributed by atoms with Gasteiger partial charge in [0.05, 0.1) is 0 Å². The highest BCUT2D eigenvalue weighted by Gasteiger charge is 2.21. The minimum absolute atomic E-state index is 0.762. The van der Waals surface area contributed by atoms with Crippen molar-refractivity contribution in [3.8, 4) is 0 Å². The van der Waals surface area contributed by atoms with E-state index in [-0.39, 0.29) is 0 Å². The molecule has 0 radical (unpaired) electrons. The number of aliphatic imine (C=N–C) groups is 1. The van der Waals surface area contributed by atoms with Gasteiger partial charge in [0.2, 0.25) is 0 Å². The summed E-state index contributed by atoms with van der Waals surface area (Å²) in [5.74, 6) is 2.32. The van der Waals surface area contributed by atoms with Crippen molar-refractivity contribution in [3.63, 3.8) is 0 Å². The molecule has 1 saturated heterocycles. The molecule has 18 heavy (non-hydrogen) atoms. The molecule has 1 aliphatic heterocycles. The van der Waals surface area contributed by atoms with Crippen LogP contribution in [-0.2, 0) is 0 Å². The first-order chi connectivity index (χ1) is 8.81. The van der Waals surface area contributed by atoms with Gasteiger partial charge in [-0.1, -0.05) is 19.1 Å². The maximum absolute atomic E-state index is 4.71. The van der Waals surface area contributed by atoms with Crippen LogP contribution in [0.4, 0.5) is 0 Å². The van der Waals surface area contributed by atoms with E-state index in [0.717, 1.165) is 43.8 Å². The van der Waals surface area contributed by atoms with Crippen molar-refractivity contribution >= 4 is 17.7 Å². The average molecular weight is 269 g/mol. The topological polar surface area (TPSA) is 27.6 Å². The van der Waals surface area contributed by atoms with Crippen LogP contribution in [0.2, 0.25) is 0 Å². The summed E-state index contributed by atoms with van der Waals surface area (Å²) in [6, 6.07) is 0. The monoisotopic (exact) mass is 269 g/mol. The van der Waals surface area contributed by atoms with Crippen LogP contribution in [-0.4, -0.2) is 48.0 Å². The minimum Gasteiger partial charge on any atom is -0.357 e. The van der Waals surface area contributed by atoms with Crippen LogP contribution in [0.3, 0.4) is 0 Å². The molecule has 1 heterocycles. The predicted molar refractivity (Wildman–Crippen MR) is 83.5 cm³/mol. The highest BCUT2D eigenvalue weighted by atomic mass is 32.2. The van der Waals surface area contributed by atoms with Crippen LogP contribution >= 0.6 is 11.8 Å². The van der Waals surface area contributed by atoms with Crippen LogP contribution in [0, 0.1) is 0 Å². The summed E-state index contributed by atoms with van der Waals surface area (Å²) < 4.78 is 0. The van der Waals surface area contributed by atoms with Gasteiger partial charge in [0.1, 0.15) is 0 Å². The van der Waals surface area contributed by atoms with Crippen LogP contribution in [0.5, 0.6) is 0 Å². The molecule has 1 unspecified atom stereocenters. The van der Waals surface area contributed by atoms with Gasteiger partial charge in [-0.2, -0.15) is 11.8 Å². The Morgan fingerprint density at radius 2 is 2.33 bits per heavy atom. The molecule has 0 saturated carbocycles. The van der Waals surface area contributed by atoms with Crippen LogP contribution in [0.15, 0.2) is 17.1 Å². The molecule has 1 N–H and O–H groups in total. The third kappa shape index (κ3) is 5.34. The minimum atomic E-state index is 0.762. The molecule has 0 aliphatic carbocycles. The fraction of sp³-hybridized carbons (Fsp3) is 0.786. The fourth-order valence-electron chi connectivity index (χ4n) is 2.00. The maximum atomic E-state index is 4.71. The van der Waals surface area contributed by atoms with Gasteiger partial charge in [-0.15, -0.1) is 0 Å². The molecular weight excluding hydrogens is 242 g/mol. The van der Waals surface area contributed by atoms with E-state index in [1.807, 2.05) is 0 Å². The predicted octanol–water partition coefficient (Wildman–Crippen LogP) is 2.75. The van der Waals surface area contributed by atoms with Crippen molar-refractivity contribution in [2.45, 2.75) is 38.9 Å². The molecule has 0 aromatic rings. The molecule has 104 valence electrons. The summed E-state index contributed by atoms with van der Waals surface area (Å²) in [7, 11) is 0. The van der Waals surface area contributed by atoms with E-state index in [0.29, 0.717) is 0 Å². The molecular formula is C14H27N3S. The fourth-order valence-corrected chi connectivity index (χ4v) is 3.18. The molecule has 0 spiro atoms. The van der Waals surface area contributed by atoms with E-state index in [2.05, 4.69) is 54.9 Å². The Bertz CT molecular complexity index is 276. The van der Waals surface area contributed by atoms with Crippen molar-refractivity contribution in [3.05, 3.63) is 12.2 Å². The molecule has 0 aromatic heterocycles. The summed E-state index contributed by atoms with van der Waals surface area (Å²) >= 11 is 2.10. The highest BCUT2D eigenvalue weighted by Crippen LogP contribution is 2.20. The summed E-state index contributed by atoms with van der Waals surface area (Å²) in [4.78, 5) is 7.13. The first-order valence-corrected chi connectivity index (χ1v) is 8.12. The van der Waals surface area contributed by atoms with Crippen molar-refractivity contribution in [2.75, 3.05) is 31.9 Å². The molecule has 1 aliphatic rings. The molecule has 1 fully saturated rings. The SMILES string of the molecule is C/C=C/CCN=C(NCC)N1CCSC(CC)C1. The third-order valence-corrected chi connectivity index (χ3v) is 4.39. The Labute approximate surface area is 116 Å². The average Bonchev–Trinajstić information content (AvgIpc) is 2.42. The van der Waals surface area contributed by atoms with Gasteiger partial charge in [-0.05, 0) is 26.7 Å². The summed E-state index contributed by atoms with van der Waals surface area (Å²) in [5, 5.41) is 4.18. The zero-order valence-corrected chi connectivity index (χ0v) is 12.8. The standard InChI is InChI=1S/C14H27N3S/c1-4-7-8-9-16-14(15-6-3)17-10-11-18-13(5-2)12-17/h4,7,13H,5-6,8-12H2,1-3H3,(H,15,16)/b7-4+. The largest absolute Gasteiger partial charge is 0.357 e. The van der Waals surface area contributed by atoms with Crippen LogP contribution < -0.4 is 5.32 Å². The van der Waals surface area contributed by atoms with Gasteiger partial charge in [0, 0.05) is 37.2 Å². The number of thioether (sulfide) groups is 1. The van der Waals surface area contributed by atoms with E-state index in [1.165, 1.54) is 12.2 Å². The number of nitrogens with zero attached hydrogens (tertiary/aromatic N) is 2. The van der Waals surface area contributed by atoms with Crippen molar-refractivity contribution in [1.82, 2.24) is 10.2 Å². The lowest BCUT2D eigenvalue weighted by atomic mass is 10.3. The molecule has 4 heteroatoms. The first-order valence-electron chi connectivity index (χ1n) is 7.07. The number of hydrogen-bond acceptors (Lipinski definition) is 2. The first kappa shape index (κ1) is 15.4. The van der Waals surface area contributed by atoms with E-state index >= 15 is 0 Å². The number of guanidine groups is 1. The maximum Gasteiger partial charge on any atom is 0.193 e. The molecule has 0 amide bonds. The zero-order chi connectivity index (χ0) is 13.2. The molecule has 0 bridgehead atoms. The Morgan fingerprint density at radius 3 is 3.00 bits per heavy atom. The molecule has 3 nitrogen and oxygen atoms in total. The Morgan fingerprint density at radius 1 is 1.50 bits per heavy atom. The lowest BCUT2D eigenvalue weighted by Gasteiger charge is -2.34. The highest BCUT2D eigenvalue weighted by molar-refractivity contribution is 8.00. The number of rotatable bonds is 5. The second-order valence-electron chi connectivity index (χ2n) is 4.44. The molecule has 1 rings (SSSR count). The molecule has 0 aromatic carbocycles. The van der Waals surface area contributed by atoms with Crippen LogP contribution in [0.25, 0.3) is 0 Å². The second kappa shape index (κ2) is 9.31. The third-order valence-electron chi connectivity index (χ3n) is 3.02. The van der Waals surface area contributed by atoms with Crippen molar-refractivity contribution in [1.29, 1.82) is 0 Å². The Hall–Kier alpha value is -0.640.